The number of rotatable bonds is 10. The number of hydrogen-bond donors (Lipinski definition) is 1. The van der Waals surface area contributed by atoms with E-state index in [0.29, 0.717) is 18.9 Å². The molecule has 0 saturated carbocycles. The van der Waals surface area contributed by atoms with Gasteiger partial charge in [0.05, 0.1) is 6.61 Å². The van der Waals surface area contributed by atoms with Crippen molar-refractivity contribution >= 4 is 5.91 Å². The normalized spacial score (nSPS) is 12.2. The SMILES string of the molecule is COCCN(C)CCCNC(=O)C(C)Oc1cccc(F)c1. The molecule has 0 heterocycles. The molecule has 0 fully saturated rings. The Hall–Kier alpha value is -1.66. The average Bonchev–Trinajstić information content (AvgIpc) is 2.49. The monoisotopic (exact) mass is 312 g/mol. The minimum atomic E-state index is -0.659. The highest BCUT2D eigenvalue weighted by molar-refractivity contribution is 5.80. The molecular formula is C16H25FN2O3. The minimum absolute atomic E-state index is 0.205. The van der Waals surface area contributed by atoms with Gasteiger partial charge in [-0.2, -0.15) is 0 Å². The number of likely N-dealkylation sites (N-methyl/N-ethyl adjacent to an activating group) is 1. The lowest BCUT2D eigenvalue weighted by Gasteiger charge is -2.17. The molecule has 5 nitrogen and oxygen atoms in total. The van der Waals surface area contributed by atoms with Crippen molar-refractivity contribution in [2.75, 3.05) is 40.4 Å². The molecule has 1 rings (SSSR count). The van der Waals surface area contributed by atoms with Crippen LogP contribution in [0.25, 0.3) is 0 Å². The van der Waals surface area contributed by atoms with E-state index in [1.165, 1.54) is 12.1 Å². The molecule has 1 aromatic rings. The van der Waals surface area contributed by atoms with Gasteiger partial charge in [0.2, 0.25) is 0 Å². The lowest BCUT2D eigenvalue weighted by Crippen LogP contribution is -2.37. The molecule has 1 unspecified atom stereocenters. The zero-order valence-electron chi connectivity index (χ0n) is 13.5. The quantitative estimate of drug-likeness (QED) is 0.668. The summed E-state index contributed by atoms with van der Waals surface area (Å²) in [7, 11) is 3.69. The number of nitrogens with one attached hydrogen (secondary N) is 1. The van der Waals surface area contributed by atoms with Crippen LogP contribution in [0.5, 0.6) is 5.75 Å². The van der Waals surface area contributed by atoms with Gasteiger partial charge < -0.3 is 19.7 Å². The summed E-state index contributed by atoms with van der Waals surface area (Å²) in [6.45, 7) is 4.66. The Morgan fingerprint density at radius 3 is 2.86 bits per heavy atom. The summed E-state index contributed by atoms with van der Waals surface area (Å²) in [5, 5.41) is 2.81. The minimum Gasteiger partial charge on any atom is -0.481 e. The summed E-state index contributed by atoms with van der Waals surface area (Å²) in [6.07, 6.45) is 0.187. The second-order valence-electron chi connectivity index (χ2n) is 5.16. The lowest BCUT2D eigenvalue weighted by atomic mass is 10.3. The maximum absolute atomic E-state index is 13.0. The Morgan fingerprint density at radius 1 is 1.41 bits per heavy atom. The first-order valence-corrected chi connectivity index (χ1v) is 7.40. The number of carbonyl (C=O) groups excluding carboxylic acids is 1. The maximum Gasteiger partial charge on any atom is 0.260 e. The number of amides is 1. The van der Waals surface area contributed by atoms with Gasteiger partial charge in [-0.1, -0.05) is 6.07 Å². The van der Waals surface area contributed by atoms with Gasteiger partial charge in [0, 0.05) is 26.3 Å². The van der Waals surface area contributed by atoms with Crippen molar-refractivity contribution in [1.29, 1.82) is 0 Å². The summed E-state index contributed by atoms with van der Waals surface area (Å²) < 4.78 is 23.4. The van der Waals surface area contributed by atoms with E-state index in [1.54, 1.807) is 26.2 Å². The molecule has 1 amide bonds. The van der Waals surface area contributed by atoms with Crippen LogP contribution in [-0.2, 0) is 9.53 Å². The zero-order chi connectivity index (χ0) is 16.4. The van der Waals surface area contributed by atoms with E-state index >= 15 is 0 Å². The molecule has 1 aromatic carbocycles. The van der Waals surface area contributed by atoms with Crippen LogP contribution in [0.3, 0.4) is 0 Å². The Kier molecular flexibility index (Phi) is 8.47. The first-order valence-electron chi connectivity index (χ1n) is 7.40. The fourth-order valence-electron chi connectivity index (χ4n) is 1.86. The molecule has 6 heteroatoms. The predicted octanol–water partition coefficient (Wildman–Crippen LogP) is 1.68. The Morgan fingerprint density at radius 2 is 2.18 bits per heavy atom. The van der Waals surface area contributed by atoms with Gasteiger partial charge in [0.15, 0.2) is 6.10 Å². The van der Waals surface area contributed by atoms with Crippen molar-refractivity contribution in [3.05, 3.63) is 30.1 Å². The summed E-state index contributed by atoms with van der Waals surface area (Å²) in [5.74, 6) is -0.241. The predicted molar refractivity (Wildman–Crippen MR) is 83.5 cm³/mol. The highest BCUT2D eigenvalue weighted by Crippen LogP contribution is 2.13. The number of hydrogen-bond acceptors (Lipinski definition) is 4. The molecular weight excluding hydrogens is 287 g/mol. The van der Waals surface area contributed by atoms with Crippen molar-refractivity contribution in [2.24, 2.45) is 0 Å². The van der Waals surface area contributed by atoms with Crippen LogP contribution in [0, 0.1) is 5.82 Å². The number of benzene rings is 1. The molecule has 0 saturated heterocycles. The molecule has 0 aliphatic rings. The Balaban J connectivity index is 2.21. The Labute approximate surface area is 131 Å². The van der Waals surface area contributed by atoms with E-state index < -0.39 is 6.10 Å². The molecule has 1 atom stereocenters. The topological polar surface area (TPSA) is 50.8 Å². The largest absolute Gasteiger partial charge is 0.481 e. The molecule has 0 aliphatic carbocycles. The van der Waals surface area contributed by atoms with E-state index in [0.717, 1.165) is 19.5 Å². The molecule has 0 aromatic heterocycles. The van der Waals surface area contributed by atoms with Crippen molar-refractivity contribution in [2.45, 2.75) is 19.4 Å². The van der Waals surface area contributed by atoms with E-state index in [2.05, 4.69) is 10.2 Å². The number of halogens is 1. The summed E-state index contributed by atoms with van der Waals surface area (Å²) >= 11 is 0. The average molecular weight is 312 g/mol. The molecule has 124 valence electrons. The molecule has 0 spiro atoms. The molecule has 0 bridgehead atoms. The Bertz CT molecular complexity index is 457. The highest BCUT2D eigenvalue weighted by atomic mass is 19.1. The lowest BCUT2D eigenvalue weighted by molar-refractivity contribution is -0.127. The second kappa shape index (κ2) is 10.1. The smallest absolute Gasteiger partial charge is 0.260 e. The van der Waals surface area contributed by atoms with Crippen LogP contribution in [0.4, 0.5) is 4.39 Å². The molecule has 0 aliphatic heterocycles. The van der Waals surface area contributed by atoms with Crippen LogP contribution in [0.2, 0.25) is 0 Å². The number of methoxy groups -OCH3 is 1. The van der Waals surface area contributed by atoms with Crippen LogP contribution >= 0.6 is 0 Å². The third kappa shape index (κ3) is 7.38. The van der Waals surface area contributed by atoms with Crippen molar-refractivity contribution in [3.63, 3.8) is 0 Å². The number of carbonyl (C=O) groups is 1. The second-order valence-corrected chi connectivity index (χ2v) is 5.16. The van der Waals surface area contributed by atoms with Gasteiger partial charge in [0.1, 0.15) is 11.6 Å². The first-order chi connectivity index (χ1) is 10.5. The van der Waals surface area contributed by atoms with E-state index in [1.807, 2.05) is 7.05 Å². The highest BCUT2D eigenvalue weighted by Gasteiger charge is 2.14. The van der Waals surface area contributed by atoms with Gasteiger partial charge in [-0.15, -0.1) is 0 Å². The van der Waals surface area contributed by atoms with Crippen LogP contribution in [0.1, 0.15) is 13.3 Å². The van der Waals surface area contributed by atoms with E-state index in [9.17, 15) is 9.18 Å². The third-order valence-electron chi connectivity index (χ3n) is 3.17. The number of ether oxygens (including phenoxy) is 2. The van der Waals surface area contributed by atoms with Gasteiger partial charge >= 0.3 is 0 Å². The zero-order valence-corrected chi connectivity index (χ0v) is 13.5. The van der Waals surface area contributed by atoms with E-state index in [-0.39, 0.29) is 11.7 Å². The van der Waals surface area contributed by atoms with Gasteiger partial charge in [-0.25, -0.2) is 4.39 Å². The van der Waals surface area contributed by atoms with E-state index in [4.69, 9.17) is 9.47 Å². The van der Waals surface area contributed by atoms with Crippen molar-refractivity contribution < 1.29 is 18.7 Å². The van der Waals surface area contributed by atoms with Gasteiger partial charge in [0.25, 0.3) is 5.91 Å². The van der Waals surface area contributed by atoms with Gasteiger partial charge in [-0.3, -0.25) is 4.79 Å². The van der Waals surface area contributed by atoms with Gasteiger partial charge in [-0.05, 0) is 39.1 Å². The third-order valence-corrected chi connectivity index (χ3v) is 3.17. The number of nitrogens with zero attached hydrogens (tertiary/aromatic N) is 1. The summed E-state index contributed by atoms with van der Waals surface area (Å²) in [5.41, 5.74) is 0. The molecule has 0 radical (unpaired) electrons. The first kappa shape index (κ1) is 18.4. The summed E-state index contributed by atoms with van der Waals surface area (Å²) in [6, 6.07) is 5.76. The fraction of sp³-hybridized carbons (Fsp3) is 0.562. The maximum atomic E-state index is 13.0. The fourth-order valence-corrected chi connectivity index (χ4v) is 1.86. The standard InChI is InChI=1S/C16H25FN2O3/c1-13(22-15-7-4-6-14(17)12-15)16(20)18-8-5-9-19(2)10-11-21-3/h4,6-7,12-13H,5,8-11H2,1-3H3,(H,18,20). The van der Waals surface area contributed by atoms with Crippen molar-refractivity contribution in [1.82, 2.24) is 10.2 Å². The summed E-state index contributed by atoms with van der Waals surface area (Å²) in [4.78, 5) is 14.0. The van der Waals surface area contributed by atoms with Crippen molar-refractivity contribution in [3.8, 4) is 5.75 Å². The molecule has 22 heavy (non-hydrogen) atoms. The van der Waals surface area contributed by atoms with Crippen LogP contribution in [0.15, 0.2) is 24.3 Å². The molecule has 1 N–H and O–H groups in total. The van der Waals surface area contributed by atoms with Crippen LogP contribution in [-0.4, -0.2) is 57.3 Å². The van der Waals surface area contributed by atoms with Crippen LogP contribution < -0.4 is 10.1 Å².